The SMILES string of the molecule is C[N+]1(C)[C@@H]2C[C@@H](OC(=O)Nc3cc(CCCC(=O)Nc4ccc(CNC[C@H](O)c5ccc(O)c6[nH]c(=O)ccc56)cc4)ccc3-c3ccccc3)C[C@H]1[C@@H]1O[C@@H]12.O=C([O-])C(F)(F)F. The van der Waals surface area contributed by atoms with E-state index in [-0.39, 0.29) is 42.1 Å². The van der Waals surface area contributed by atoms with E-state index in [2.05, 4.69) is 35.0 Å². The third kappa shape index (κ3) is 10.7. The highest BCUT2D eigenvalue weighted by molar-refractivity contribution is 5.92. The Bertz CT molecular complexity index is 2500. The van der Waals surface area contributed by atoms with E-state index in [1.165, 1.54) is 12.1 Å². The van der Waals surface area contributed by atoms with Crippen molar-refractivity contribution in [1.82, 2.24) is 10.3 Å². The monoisotopic (exact) mass is 871 g/mol. The van der Waals surface area contributed by atoms with Gasteiger partial charge in [-0.05, 0) is 65.4 Å². The summed E-state index contributed by atoms with van der Waals surface area (Å²) in [6.07, 6.45) is -2.87. The average Bonchev–Trinajstić information content (AvgIpc) is 4.01. The number of benzene rings is 4. The molecule has 332 valence electrons. The Morgan fingerprint density at radius 2 is 1.59 bits per heavy atom. The number of aromatic nitrogens is 1. The molecule has 4 aromatic carbocycles. The maximum atomic E-state index is 13.3. The van der Waals surface area contributed by atoms with Crippen LogP contribution in [0.25, 0.3) is 22.0 Å². The number of carbonyl (C=O) groups excluding carboxylic acids is 3. The largest absolute Gasteiger partial charge is 0.542 e. The van der Waals surface area contributed by atoms with E-state index in [4.69, 9.17) is 19.4 Å². The summed E-state index contributed by atoms with van der Waals surface area (Å²) in [6.45, 7) is 0.746. The van der Waals surface area contributed by atoms with Crippen molar-refractivity contribution >= 4 is 40.2 Å². The number of carboxylic acid groups (broad SMARTS) is 1. The van der Waals surface area contributed by atoms with Crippen molar-refractivity contribution < 1.29 is 56.8 Å². The minimum Gasteiger partial charge on any atom is -0.542 e. The molecule has 1 aromatic heterocycles. The first kappa shape index (κ1) is 44.8. The van der Waals surface area contributed by atoms with Gasteiger partial charge in [0.15, 0.2) is 0 Å². The van der Waals surface area contributed by atoms with Crippen molar-refractivity contribution in [2.45, 2.75) is 81.3 Å². The summed E-state index contributed by atoms with van der Waals surface area (Å²) < 4.78 is 44.4. The van der Waals surface area contributed by atoms with Crippen LogP contribution in [0, 0.1) is 0 Å². The Balaban J connectivity index is 0.000000785. The number of halogens is 3. The van der Waals surface area contributed by atoms with E-state index < -0.39 is 24.3 Å². The van der Waals surface area contributed by atoms with Gasteiger partial charge in [-0.15, -0.1) is 0 Å². The number of aryl methyl sites for hydroxylation is 1. The fraction of sp³-hybridized carbons (Fsp3) is 0.348. The number of amides is 2. The van der Waals surface area contributed by atoms with E-state index in [9.17, 15) is 37.8 Å². The first-order valence-corrected chi connectivity index (χ1v) is 20.5. The molecular weight excluding hydrogens is 824 g/mol. The summed E-state index contributed by atoms with van der Waals surface area (Å²) in [5.74, 6) is -3.15. The number of nitrogens with zero attached hydrogens (tertiary/aromatic N) is 1. The number of epoxide rings is 1. The maximum absolute atomic E-state index is 13.3. The third-order valence-electron chi connectivity index (χ3n) is 12.0. The molecule has 6 atom stereocenters. The Kier molecular flexibility index (Phi) is 13.2. The Labute approximate surface area is 360 Å². The lowest BCUT2D eigenvalue weighted by Crippen LogP contribution is -2.60. The van der Waals surface area contributed by atoms with Gasteiger partial charge in [0, 0.05) is 55.1 Å². The molecule has 17 heteroatoms. The number of hydrogen-bond acceptors (Lipinski definition) is 10. The average molecular weight is 872 g/mol. The van der Waals surface area contributed by atoms with E-state index in [0.29, 0.717) is 65.7 Å². The fourth-order valence-corrected chi connectivity index (χ4v) is 8.71. The molecule has 3 aliphatic rings. The van der Waals surface area contributed by atoms with Gasteiger partial charge in [-0.1, -0.05) is 60.7 Å². The number of carbonyl (C=O) groups is 3. The molecule has 5 aromatic rings. The summed E-state index contributed by atoms with van der Waals surface area (Å²) in [7, 11) is 4.51. The van der Waals surface area contributed by atoms with Crippen molar-refractivity contribution in [3.8, 4) is 16.9 Å². The second-order valence-electron chi connectivity index (χ2n) is 16.5. The normalized spacial score (nSPS) is 21.0. The number of aliphatic hydroxyl groups is 1. The van der Waals surface area contributed by atoms with Crippen molar-refractivity contribution in [3.63, 3.8) is 0 Å². The zero-order valence-electron chi connectivity index (χ0n) is 34.5. The number of phenolic OH excluding ortho intramolecular Hbond substituents is 1. The molecule has 0 unspecified atom stereocenters. The van der Waals surface area contributed by atoms with Crippen LogP contribution in [0.5, 0.6) is 5.75 Å². The predicted molar refractivity (Wildman–Crippen MR) is 225 cm³/mol. The van der Waals surface area contributed by atoms with Crippen LogP contribution in [0.15, 0.2) is 102 Å². The number of alkyl halides is 3. The molecular formula is C46H48F3N5O9. The molecule has 0 spiro atoms. The summed E-state index contributed by atoms with van der Waals surface area (Å²) in [4.78, 5) is 49.3. The van der Waals surface area contributed by atoms with Gasteiger partial charge in [0.2, 0.25) is 11.5 Å². The molecule has 0 radical (unpaired) electrons. The Hall–Kier alpha value is -6.27. The predicted octanol–water partition coefficient (Wildman–Crippen LogP) is 5.29. The van der Waals surface area contributed by atoms with Gasteiger partial charge in [-0.25, -0.2) is 4.79 Å². The van der Waals surface area contributed by atoms with Crippen LogP contribution in [-0.2, 0) is 32.0 Å². The lowest BCUT2D eigenvalue weighted by atomic mass is 9.96. The number of ether oxygens (including phenoxy) is 2. The van der Waals surface area contributed by atoms with Crippen molar-refractivity contribution in [1.29, 1.82) is 0 Å². The summed E-state index contributed by atoms with van der Waals surface area (Å²) in [5.41, 5.74) is 5.81. The van der Waals surface area contributed by atoms with Gasteiger partial charge in [0.1, 0.15) is 42.1 Å². The number of carboxylic acids is 1. The van der Waals surface area contributed by atoms with Crippen LogP contribution in [0.2, 0.25) is 0 Å². The second-order valence-corrected chi connectivity index (χ2v) is 16.5. The first-order valence-electron chi connectivity index (χ1n) is 20.5. The number of anilines is 2. The van der Waals surface area contributed by atoms with Gasteiger partial charge in [0.05, 0.1) is 31.4 Å². The fourth-order valence-electron chi connectivity index (χ4n) is 8.71. The zero-order chi connectivity index (χ0) is 45.1. The smallest absolute Gasteiger partial charge is 0.430 e. The molecule has 2 bridgehead atoms. The molecule has 4 heterocycles. The third-order valence-corrected chi connectivity index (χ3v) is 12.0. The molecule has 14 nitrogen and oxygen atoms in total. The number of aliphatic hydroxyl groups excluding tert-OH is 1. The molecule has 0 aliphatic carbocycles. The number of aromatic amines is 1. The topological polar surface area (TPSA) is 205 Å². The number of hydrogen-bond donors (Lipinski definition) is 6. The highest BCUT2D eigenvalue weighted by Gasteiger charge is 2.70. The molecule has 8 rings (SSSR count). The Morgan fingerprint density at radius 3 is 2.25 bits per heavy atom. The van der Waals surface area contributed by atoms with E-state index in [1.807, 2.05) is 72.8 Å². The second kappa shape index (κ2) is 18.6. The number of quaternary nitrogens is 1. The lowest BCUT2D eigenvalue weighted by Gasteiger charge is -2.45. The molecule has 3 aliphatic heterocycles. The quantitative estimate of drug-likeness (QED) is 0.0667. The number of rotatable bonds is 13. The standard InChI is InChI=1S/C44H47N5O7.C2HF3O2/c1-49(2)35-22-30(23-36(49)43-42(35)56-43)55-44(54)47-34-21-26(13-16-31(34)28-8-4-3-5-9-28)7-6-10-39(52)46-29-14-11-27(12-15-29)24-45-25-38(51)32-17-19-37(50)41-33(32)18-20-40(53)48-41;3-2(4,5)1(6)7/h3-5,8-9,11-21,30,35-36,38,42-43,45,51H,6-7,10,22-25H2,1-2H3,(H3-,46,47,48,50,52,53,54);(H,6,7)/t30-,35-,36+,38-,42-,43+;/m0./s1. The maximum Gasteiger partial charge on any atom is 0.430 e. The number of likely N-dealkylation sites (N-methyl/N-ethyl adjacent to an activating group) is 1. The number of pyridine rings is 1. The summed E-state index contributed by atoms with van der Waals surface area (Å²) in [6, 6.07) is 30.3. The molecule has 3 saturated heterocycles. The summed E-state index contributed by atoms with van der Waals surface area (Å²) >= 11 is 0. The highest BCUT2D eigenvalue weighted by Crippen LogP contribution is 2.51. The van der Waals surface area contributed by atoms with Crippen molar-refractivity contribution in [3.05, 3.63) is 124 Å². The first-order chi connectivity index (χ1) is 30.0. The van der Waals surface area contributed by atoms with Crippen LogP contribution < -0.4 is 26.6 Å². The number of piperidine rings is 1. The van der Waals surface area contributed by atoms with Crippen molar-refractivity contribution in [2.24, 2.45) is 0 Å². The number of morpholine rings is 1. The molecule has 3 fully saturated rings. The minimum absolute atomic E-state index is 0.0538. The molecule has 6 N–H and O–H groups in total. The molecule has 0 saturated carbocycles. The van der Waals surface area contributed by atoms with Crippen LogP contribution in [-0.4, -0.2) is 94.9 Å². The van der Waals surface area contributed by atoms with Crippen molar-refractivity contribution in [2.75, 3.05) is 31.3 Å². The number of aromatic hydroxyl groups is 1. The molecule has 2 amide bonds. The minimum atomic E-state index is -5.19. The van der Waals surface area contributed by atoms with Gasteiger partial charge in [0.25, 0.3) is 0 Å². The van der Waals surface area contributed by atoms with E-state index >= 15 is 0 Å². The van der Waals surface area contributed by atoms with E-state index in [0.717, 1.165) is 39.6 Å². The van der Waals surface area contributed by atoms with Crippen LogP contribution in [0.1, 0.15) is 48.5 Å². The number of H-pyrrole nitrogens is 1. The van der Waals surface area contributed by atoms with E-state index in [1.54, 1.807) is 12.1 Å². The van der Waals surface area contributed by atoms with Gasteiger partial charge in [-0.2, -0.15) is 13.2 Å². The lowest BCUT2D eigenvalue weighted by molar-refractivity contribution is -0.938. The number of aliphatic carboxylic acids is 1. The van der Waals surface area contributed by atoms with Crippen LogP contribution in [0.3, 0.4) is 0 Å². The van der Waals surface area contributed by atoms with Gasteiger partial charge in [-0.3, -0.25) is 14.9 Å². The number of phenols is 1. The Morgan fingerprint density at radius 1 is 0.921 bits per heavy atom. The van der Waals surface area contributed by atoms with Crippen LogP contribution in [0.4, 0.5) is 29.3 Å². The summed E-state index contributed by atoms with van der Waals surface area (Å²) in [5, 5.41) is 39.6. The molecule has 63 heavy (non-hydrogen) atoms. The van der Waals surface area contributed by atoms with Gasteiger partial charge >= 0.3 is 12.3 Å². The van der Waals surface area contributed by atoms with Gasteiger partial charge < -0.3 is 49.7 Å². The number of fused-ring (bicyclic) bond motifs is 6. The number of nitrogens with one attached hydrogen (secondary N) is 4. The highest BCUT2D eigenvalue weighted by atomic mass is 19.4. The zero-order valence-corrected chi connectivity index (χ0v) is 34.5. The van der Waals surface area contributed by atoms with Crippen LogP contribution >= 0.6 is 0 Å².